The molecule has 0 aliphatic heterocycles. The minimum absolute atomic E-state index is 0.0452. The summed E-state index contributed by atoms with van der Waals surface area (Å²) < 4.78 is 33.1. The molecule has 0 saturated carbocycles. The highest BCUT2D eigenvalue weighted by atomic mass is 31.2. The summed E-state index contributed by atoms with van der Waals surface area (Å²) in [4.78, 5) is 35.3. The zero-order valence-corrected chi connectivity index (χ0v) is 51.2. The second-order valence-corrected chi connectivity index (χ2v) is 22.0. The minimum Gasteiger partial charge on any atom is -0.462 e. The van der Waals surface area contributed by atoms with Crippen molar-refractivity contribution in [2.24, 2.45) is 5.73 Å². The predicted molar refractivity (Wildman–Crippen MR) is 339 cm³/mol. The summed E-state index contributed by atoms with van der Waals surface area (Å²) in [5.74, 6) is -0.845. The maximum Gasteiger partial charge on any atom is 0.472 e. The van der Waals surface area contributed by atoms with Crippen molar-refractivity contribution in [3.63, 3.8) is 0 Å². The zero-order valence-electron chi connectivity index (χ0n) is 50.3. The van der Waals surface area contributed by atoms with Gasteiger partial charge < -0.3 is 20.1 Å². The molecule has 0 spiro atoms. The molecule has 0 aromatic carbocycles. The van der Waals surface area contributed by atoms with Crippen LogP contribution in [0.25, 0.3) is 0 Å². The number of carbonyl (C=O) groups is 2. The van der Waals surface area contributed by atoms with Gasteiger partial charge in [0.15, 0.2) is 6.10 Å². The molecule has 0 radical (unpaired) electrons. The molecule has 0 fully saturated rings. The van der Waals surface area contributed by atoms with Gasteiger partial charge in [0.25, 0.3) is 0 Å². The highest BCUT2D eigenvalue weighted by Gasteiger charge is 2.26. The van der Waals surface area contributed by atoms with Gasteiger partial charge in [-0.05, 0) is 116 Å². The van der Waals surface area contributed by atoms with Crippen LogP contribution in [0.1, 0.15) is 258 Å². The molecule has 0 saturated heterocycles. The number of hydrogen-bond acceptors (Lipinski definition) is 8. The Kier molecular flexibility index (Phi) is 60.2. The summed E-state index contributed by atoms with van der Waals surface area (Å²) in [6.07, 6.45) is 89.4. The van der Waals surface area contributed by atoms with Crippen molar-refractivity contribution in [1.82, 2.24) is 0 Å². The molecule has 0 aromatic heterocycles. The van der Waals surface area contributed by atoms with E-state index in [0.717, 1.165) is 122 Å². The maximum absolute atomic E-state index is 12.7. The van der Waals surface area contributed by atoms with Crippen LogP contribution in [0, 0.1) is 0 Å². The first-order valence-corrected chi connectivity index (χ1v) is 33.2. The number of phosphoric acid groups is 1. The average Bonchev–Trinajstić information content (AvgIpc) is 3.44. The van der Waals surface area contributed by atoms with Crippen LogP contribution in [0.4, 0.5) is 0 Å². The second-order valence-electron chi connectivity index (χ2n) is 20.5. The van der Waals surface area contributed by atoms with Crippen LogP contribution < -0.4 is 5.73 Å². The van der Waals surface area contributed by atoms with Crippen molar-refractivity contribution < 1.29 is 37.6 Å². The molecule has 0 aromatic rings. The van der Waals surface area contributed by atoms with Crippen molar-refractivity contribution in [3.8, 4) is 0 Å². The van der Waals surface area contributed by atoms with E-state index in [9.17, 15) is 19.0 Å². The van der Waals surface area contributed by atoms with E-state index in [-0.39, 0.29) is 32.6 Å². The number of esters is 2. The van der Waals surface area contributed by atoms with Crippen molar-refractivity contribution >= 4 is 19.8 Å². The normalized spacial score (nSPS) is 13.9. The number of unbranched alkanes of at least 4 members (excludes halogenated alkanes) is 23. The van der Waals surface area contributed by atoms with Gasteiger partial charge in [0, 0.05) is 19.4 Å². The fourth-order valence-electron chi connectivity index (χ4n) is 8.36. The van der Waals surface area contributed by atoms with E-state index >= 15 is 0 Å². The lowest BCUT2D eigenvalue weighted by molar-refractivity contribution is -0.161. The van der Waals surface area contributed by atoms with Crippen molar-refractivity contribution in [1.29, 1.82) is 0 Å². The Bertz CT molecular complexity index is 1750. The molecular weight excluding hydrogens is 1000 g/mol. The topological polar surface area (TPSA) is 134 Å². The molecule has 0 rings (SSSR count). The molecule has 79 heavy (non-hydrogen) atoms. The first-order valence-electron chi connectivity index (χ1n) is 31.7. The first-order chi connectivity index (χ1) is 38.8. The highest BCUT2D eigenvalue weighted by Crippen LogP contribution is 2.43. The van der Waals surface area contributed by atoms with Crippen molar-refractivity contribution in [2.75, 3.05) is 26.4 Å². The smallest absolute Gasteiger partial charge is 0.462 e. The Balaban J connectivity index is 4.00. The van der Waals surface area contributed by atoms with Crippen LogP contribution in [0.3, 0.4) is 0 Å². The van der Waals surface area contributed by atoms with E-state index in [1.54, 1.807) is 0 Å². The van der Waals surface area contributed by atoms with Crippen LogP contribution in [0.15, 0.2) is 134 Å². The number of allylic oxidation sites excluding steroid dienone is 22. The summed E-state index contributed by atoms with van der Waals surface area (Å²) >= 11 is 0. The summed E-state index contributed by atoms with van der Waals surface area (Å²) in [7, 11) is -4.40. The molecule has 10 heteroatoms. The Morgan fingerprint density at radius 1 is 0.392 bits per heavy atom. The fourth-order valence-corrected chi connectivity index (χ4v) is 9.13. The van der Waals surface area contributed by atoms with Gasteiger partial charge in [0.05, 0.1) is 13.2 Å². The Labute approximate surface area is 484 Å². The molecule has 450 valence electrons. The molecular formula is C69H116NO8P. The SMILES string of the molecule is CC/C=C\C/C=C\C/C=C\C/C=C\C/C=C\C/C=C\C/C=C\C/C=C\CCCCCCCCCCCCC(=O)OC(COC(=O)CCCCCCCCCC/C=C\C/C=C\C/C=C\CCCCCCC)COP(=O)(O)OCCN. The van der Waals surface area contributed by atoms with E-state index in [2.05, 4.69) is 148 Å². The Morgan fingerprint density at radius 3 is 1.04 bits per heavy atom. The van der Waals surface area contributed by atoms with Gasteiger partial charge >= 0.3 is 19.8 Å². The van der Waals surface area contributed by atoms with Crippen LogP contribution in [-0.4, -0.2) is 49.3 Å². The molecule has 0 amide bonds. The van der Waals surface area contributed by atoms with E-state index in [4.69, 9.17) is 24.3 Å². The summed E-state index contributed by atoms with van der Waals surface area (Å²) in [5, 5.41) is 0. The molecule has 2 atom stereocenters. The molecule has 2 unspecified atom stereocenters. The number of nitrogens with two attached hydrogens (primary N) is 1. The quantitative estimate of drug-likeness (QED) is 0.0264. The number of phosphoric ester groups is 1. The summed E-state index contributed by atoms with van der Waals surface area (Å²) in [6, 6.07) is 0. The predicted octanol–water partition coefficient (Wildman–Crippen LogP) is 20.5. The molecule has 0 aliphatic carbocycles. The van der Waals surface area contributed by atoms with Gasteiger partial charge in [0.2, 0.25) is 0 Å². The number of carbonyl (C=O) groups excluding carboxylic acids is 2. The van der Waals surface area contributed by atoms with Crippen LogP contribution >= 0.6 is 7.82 Å². The Morgan fingerprint density at radius 2 is 0.696 bits per heavy atom. The van der Waals surface area contributed by atoms with E-state index in [1.807, 2.05) is 0 Å². The van der Waals surface area contributed by atoms with Gasteiger partial charge in [-0.15, -0.1) is 0 Å². The van der Waals surface area contributed by atoms with Gasteiger partial charge in [-0.25, -0.2) is 4.57 Å². The Hall–Kier alpha value is -3.85. The van der Waals surface area contributed by atoms with E-state index < -0.39 is 32.5 Å². The zero-order chi connectivity index (χ0) is 57.3. The third-order valence-electron chi connectivity index (χ3n) is 13.0. The second kappa shape index (κ2) is 63.3. The number of ether oxygens (including phenoxy) is 2. The van der Waals surface area contributed by atoms with Crippen molar-refractivity contribution in [2.45, 2.75) is 264 Å². The maximum atomic E-state index is 12.7. The lowest BCUT2D eigenvalue weighted by Crippen LogP contribution is -2.29. The lowest BCUT2D eigenvalue weighted by atomic mass is 10.0. The molecule has 3 N–H and O–H groups in total. The highest BCUT2D eigenvalue weighted by molar-refractivity contribution is 7.47. The summed E-state index contributed by atoms with van der Waals surface area (Å²) in [5.41, 5.74) is 5.39. The molecule has 0 bridgehead atoms. The van der Waals surface area contributed by atoms with Crippen LogP contribution in [0.5, 0.6) is 0 Å². The standard InChI is InChI=1S/C69H116NO8P/c1-3-5-7-9-11-13-15-17-19-21-23-25-27-28-29-30-31-32-33-34-35-36-37-38-40-42-44-46-48-50-52-54-56-58-60-62-69(72)78-67(66-77-79(73,74)76-64-63-70)65-75-68(71)61-59-57-55-53-51-49-47-45-43-41-39-26-24-22-20-18-16-14-12-10-8-6-4-2/h5,7,11,13,16-19,22-25,28-29,31-32,34-35,37-39,41,67H,3-4,6,8-10,12,14-15,20-21,26-27,30,33,36,40,42-66,70H2,1-2H3,(H,73,74)/b7-5-,13-11-,18-16-,19-17-,24-22-,25-23-,29-28-,32-31-,35-34-,38-37-,41-39-. The third-order valence-corrected chi connectivity index (χ3v) is 14.0. The van der Waals surface area contributed by atoms with Gasteiger partial charge in [-0.1, -0.05) is 263 Å². The van der Waals surface area contributed by atoms with E-state index in [1.165, 1.54) is 103 Å². The third kappa shape index (κ3) is 63.2. The summed E-state index contributed by atoms with van der Waals surface area (Å²) in [6.45, 7) is 3.60. The van der Waals surface area contributed by atoms with Gasteiger partial charge in [0.1, 0.15) is 6.61 Å². The fraction of sp³-hybridized carbons (Fsp3) is 0.652. The lowest BCUT2D eigenvalue weighted by Gasteiger charge is -2.19. The van der Waals surface area contributed by atoms with Gasteiger partial charge in [-0.3, -0.25) is 18.6 Å². The minimum atomic E-state index is -4.40. The number of hydrogen-bond donors (Lipinski definition) is 2. The monoisotopic (exact) mass is 1120 g/mol. The van der Waals surface area contributed by atoms with Crippen LogP contribution in [-0.2, 0) is 32.7 Å². The largest absolute Gasteiger partial charge is 0.472 e. The van der Waals surface area contributed by atoms with Crippen LogP contribution in [0.2, 0.25) is 0 Å². The molecule has 9 nitrogen and oxygen atoms in total. The first kappa shape index (κ1) is 75.2. The number of rotatable bonds is 58. The molecule has 0 heterocycles. The van der Waals surface area contributed by atoms with Gasteiger partial charge in [-0.2, -0.15) is 0 Å². The average molecular weight is 1120 g/mol. The van der Waals surface area contributed by atoms with Crippen molar-refractivity contribution in [3.05, 3.63) is 134 Å². The molecule has 0 aliphatic rings. The van der Waals surface area contributed by atoms with E-state index in [0.29, 0.717) is 6.42 Å².